The molecule has 1 aromatic rings. The van der Waals surface area contributed by atoms with Crippen LogP contribution in [0.5, 0.6) is 0 Å². The first kappa shape index (κ1) is 13.2. The molecule has 1 atom stereocenters. The first-order valence-electron chi connectivity index (χ1n) is 7.16. The van der Waals surface area contributed by atoms with E-state index in [4.69, 9.17) is 0 Å². The number of urea groups is 1. The van der Waals surface area contributed by atoms with Gasteiger partial charge in [0.1, 0.15) is 6.04 Å². The zero-order valence-corrected chi connectivity index (χ0v) is 12.0. The van der Waals surface area contributed by atoms with Crippen molar-refractivity contribution >= 4 is 11.9 Å². The van der Waals surface area contributed by atoms with Crippen molar-refractivity contribution in [2.24, 2.45) is 5.41 Å². The van der Waals surface area contributed by atoms with E-state index in [1.54, 1.807) is 4.90 Å². The Balaban J connectivity index is 1.87. The van der Waals surface area contributed by atoms with E-state index in [2.05, 4.69) is 13.8 Å². The van der Waals surface area contributed by atoms with Gasteiger partial charge >= 0.3 is 6.03 Å². The SMILES string of the molecule is CC1(C)CCCN2C(=O)N(Cc3ccccc3)C(=O)C21. The van der Waals surface area contributed by atoms with Crippen LogP contribution in [-0.4, -0.2) is 34.3 Å². The van der Waals surface area contributed by atoms with E-state index in [0.717, 1.165) is 18.4 Å². The molecule has 0 bridgehead atoms. The molecule has 2 fully saturated rings. The summed E-state index contributed by atoms with van der Waals surface area (Å²) in [6.45, 7) is 5.24. The number of rotatable bonds is 2. The van der Waals surface area contributed by atoms with Crippen LogP contribution in [0, 0.1) is 5.41 Å². The van der Waals surface area contributed by atoms with Gasteiger partial charge in [0, 0.05) is 6.54 Å². The fraction of sp³-hybridized carbons (Fsp3) is 0.500. The zero-order valence-electron chi connectivity index (χ0n) is 12.0. The fourth-order valence-electron chi connectivity index (χ4n) is 3.37. The number of imide groups is 1. The van der Waals surface area contributed by atoms with E-state index >= 15 is 0 Å². The van der Waals surface area contributed by atoms with E-state index in [1.807, 2.05) is 30.3 Å². The summed E-state index contributed by atoms with van der Waals surface area (Å²) in [7, 11) is 0. The van der Waals surface area contributed by atoms with Crippen LogP contribution < -0.4 is 0 Å². The number of carbonyl (C=O) groups excluding carboxylic acids is 2. The second-order valence-corrected chi connectivity index (χ2v) is 6.38. The normalized spacial score (nSPS) is 25.0. The molecule has 0 radical (unpaired) electrons. The Morgan fingerprint density at radius 2 is 1.90 bits per heavy atom. The smallest absolute Gasteiger partial charge is 0.312 e. The lowest BCUT2D eigenvalue weighted by atomic mass is 9.77. The fourth-order valence-corrected chi connectivity index (χ4v) is 3.37. The van der Waals surface area contributed by atoms with E-state index in [9.17, 15) is 9.59 Å². The molecule has 0 aromatic heterocycles. The number of fused-ring (bicyclic) bond motifs is 1. The van der Waals surface area contributed by atoms with Gasteiger partial charge in [-0.15, -0.1) is 0 Å². The average molecular weight is 272 g/mol. The van der Waals surface area contributed by atoms with E-state index in [1.165, 1.54) is 4.90 Å². The van der Waals surface area contributed by atoms with Crippen LogP contribution in [0.3, 0.4) is 0 Å². The van der Waals surface area contributed by atoms with Crippen molar-refractivity contribution in [3.05, 3.63) is 35.9 Å². The Labute approximate surface area is 119 Å². The molecule has 3 rings (SSSR count). The van der Waals surface area contributed by atoms with Crippen molar-refractivity contribution < 1.29 is 9.59 Å². The average Bonchev–Trinajstić information content (AvgIpc) is 2.66. The second-order valence-electron chi connectivity index (χ2n) is 6.38. The van der Waals surface area contributed by atoms with Gasteiger partial charge < -0.3 is 4.90 Å². The maximum Gasteiger partial charge on any atom is 0.327 e. The molecule has 0 saturated carbocycles. The molecular formula is C16H20N2O2. The molecule has 2 saturated heterocycles. The molecule has 0 spiro atoms. The summed E-state index contributed by atoms with van der Waals surface area (Å²) in [6, 6.07) is 9.27. The standard InChI is InChI=1S/C16H20N2O2/c1-16(2)9-6-10-17-13(16)14(19)18(15(17)20)11-12-7-4-3-5-8-12/h3-5,7-8,13H,6,9-11H2,1-2H3. The minimum Gasteiger partial charge on any atom is -0.312 e. The number of benzene rings is 1. The highest BCUT2D eigenvalue weighted by molar-refractivity contribution is 6.04. The molecule has 0 N–H and O–H groups in total. The highest BCUT2D eigenvalue weighted by Gasteiger charge is 2.53. The van der Waals surface area contributed by atoms with Crippen LogP contribution in [-0.2, 0) is 11.3 Å². The van der Waals surface area contributed by atoms with Crippen molar-refractivity contribution in [3.63, 3.8) is 0 Å². The molecule has 1 unspecified atom stereocenters. The van der Waals surface area contributed by atoms with E-state index in [-0.39, 0.29) is 23.4 Å². The number of hydrogen-bond acceptors (Lipinski definition) is 2. The van der Waals surface area contributed by atoms with Crippen molar-refractivity contribution in [1.29, 1.82) is 0 Å². The third kappa shape index (κ3) is 1.99. The van der Waals surface area contributed by atoms with Gasteiger partial charge in [-0.25, -0.2) is 4.79 Å². The summed E-state index contributed by atoms with van der Waals surface area (Å²) in [5.41, 5.74) is 0.864. The second kappa shape index (κ2) is 4.62. The molecule has 2 heterocycles. The van der Waals surface area contributed by atoms with Gasteiger partial charge in [-0.05, 0) is 23.8 Å². The Kier molecular flexibility index (Phi) is 3.04. The van der Waals surface area contributed by atoms with Crippen LogP contribution >= 0.6 is 0 Å². The Morgan fingerprint density at radius 1 is 1.20 bits per heavy atom. The van der Waals surface area contributed by atoms with Crippen molar-refractivity contribution in [2.75, 3.05) is 6.54 Å². The van der Waals surface area contributed by atoms with E-state index in [0.29, 0.717) is 13.1 Å². The van der Waals surface area contributed by atoms with E-state index < -0.39 is 0 Å². The van der Waals surface area contributed by atoms with Gasteiger partial charge in [0.25, 0.3) is 5.91 Å². The van der Waals surface area contributed by atoms with Crippen LogP contribution in [0.15, 0.2) is 30.3 Å². The zero-order chi connectivity index (χ0) is 14.3. The van der Waals surface area contributed by atoms with Crippen LogP contribution in [0.2, 0.25) is 0 Å². The highest BCUT2D eigenvalue weighted by atomic mass is 16.2. The summed E-state index contributed by atoms with van der Waals surface area (Å²) in [5.74, 6) is -0.0384. The lowest BCUT2D eigenvalue weighted by molar-refractivity contribution is -0.132. The third-order valence-corrected chi connectivity index (χ3v) is 4.43. The van der Waals surface area contributed by atoms with Gasteiger partial charge in [-0.3, -0.25) is 9.69 Å². The van der Waals surface area contributed by atoms with Gasteiger partial charge in [0.2, 0.25) is 0 Å². The first-order valence-corrected chi connectivity index (χ1v) is 7.16. The summed E-state index contributed by atoms with van der Waals surface area (Å²) >= 11 is 0. The highest BCUT2D eigenvalue weighted by Crippen LogP contribution is 2.40. The third-order valence-electron chi connectivity index (χ3n) is 4.43. The first-order chi connectivity index (χ1) is 9.50. The molecule has 4 nitrogen and oxygen atoms in total. The Hall–Kier alpha value is -1.84. The monoisotopic (exact) mass is 272 g/mol. The molecule has 1 aromatic carbocycles. The number of hydrogen-bond donors (Lipinski definition) is 0. The van der Waals surface area contributed by atoms with Gasteiger partial charge in [-0.1, -0.05) is 44.2 Å². The van der Waals surface area contributed by atoms with Crippen LogP contribution in [0.1, 0.15) is 32.3 Å². The maximum atomic E-state index is 12.6. The summed E-state index contributed by atoms with van der Waals surface area (Å²) in [4.78, 5) is 28.3. The lowest BCUT2D eigenvalue weighted by Crippen LogP contribution is -2.49. The quantitative estimate of drug-likeness (QED) is 0.777. The topological polar surface area (TPSA) is 40.6 Å². The predicted molar refractivity (Wildman–Crippen MR) is 75.9 cm³/mol. The maximum absolute atomic E-state index is 12.6. The summed E-state index contributed by atoms with van der Waals surface area (Å²) in [6.07, 6.45) is 1.97. The molecule has 20 heavy (non-hydrogen) atoms. The molecule has 4 heteroatoms. The van der Waals surface area contributed by atoms with Gasteiger partial charge in [0.05, 0.1) is 6.54 Å². The molecule has 0 aliphatic carbocycles. The molecule has 2 aliphatic heterocycles. The van der Waals surface area contributed by atoms with Gasteiger partial charge in [0.15, 0.2) is 0 Å². The van der Waals surface area contributed by atoms with Crippen molar-refractivity contribution in [3.8, 4) is 0 Å². The number of piperidine rings is 1. The lowest BCUT2D eigenvalue weighted by Gasteiger charge is -2.39. The molecule has 3 amide bonds. The number of amides is 3. The number of nitrogens with zero attached hydrogens (tertiary/aromatic N) is 2. The van der Waals surface area contributed by atoms with Crippen LogP contribution in [0.25, 0.3) is 0 Å². The largest absolute Gasteiger partial charge is 0.327 e. The predicted octanol–water partition coefficient (Wildman–Crippen LogP) is 2.64. The van der Waals surface area contributed by atoms with Gasteiger partial charge in [-0.2, -0.15) is 0 Å². The van der Waals surface area contributed by atoms with Crippen LogP contribution in [0.4, 0.5) is 4.79 Å². The summed E-state index contributed by atoms with van der Waals surface area (Å²) < 4.78 is 0. The Bertz CT molecular complexity index is 539. The minimum absolute atomic E-state index is 0.0384. The molecule has 106 valence electrons. The Morgan fingerprint density at radius 3 is 2.55 bits per heavy atom. The molecular weight excluding hydrogens is 252 g/mol. The van der Waals surface area contributed by atoms with Crippen molar-refractivity contribution in [2.45, 2.75) is 39.3 Å². The molecule has 2 aliphatic rings. The minimum atomic E-state index is -0.285. The summed E-state index contributed by atoms with van der Waals surface area (Å²) in [5, 5.41) is 0. The van der Waals surface area contributed by atoms with Crippen molar-refractivity contribution in [1.82, 2.24) is 9.80 Å². The number of carbonyl (C=O) groups is 2.